The van der Waals surface area contributed by atoms with Crippen molar-refractivity contribution in [2.75, 3.05) is 0 Å². The third kappa shape index (κ3) is 7.81. The molecule has 0 bridgehead atoms. The quantitative estimate of drug-likeness (QED) is 0.648. The molecule has 2 atom stereocenters. The molecular weight excluding hydrogens is 342 g/mol. The van der Waals surface area contributed by atoms with Crippen molar-refractivity contribution in [2.24, 2.45) is 11.7 Å². The Labute approximate surface area is 162 Å². The van der Waals surface area contributed by atoms with E-state index in [-0.39, 0.29) is 17.2 Å². The molecule has 0 saturated carbocycles. The third-order valence-electron chi connectivity index (χ3n) is 4.32. The SMILES string of the molecule is CC(=O)N[C@@H](CC(C)C)C(=O)N[C@@H](Cc1ccc(C(C)(C)C)cc1)C(N)=O. The largest absolute Gasteiger partial charge is 0.368 e. The molecule has 0 fully saturated rings. The number of rotatable bonds is 8. The maximum absolute atomic E-state index is 12.6. The molecule has 0 unspecified atom stereocenters. The van der Waals surface area contributed by atoms with E-state index in [0.29, 0.717) is 12.8 Å². The third-order valence-corrected chi connectivity index (χ3v) is 4.32. The van der Waals surface area contributed by atoms with Gasteiger partial charge in [0.15, 0.2) is 0 Å². The number of carbonyl (C=O) groups excluding carboxylic acids is 3. The molecule has 150 valence electrons. The van der Waals surface area contributed by atoms with Gasteiger partial charge in [-0.1, -0.05) is 58.9 Å². The molecule has 3 amide bonds. The first-order valence-electron chi connectivity index (χ1n) is 9.36. The zero-order valence-corrected chi connectivity index (χ0v) is 17.3. The van der Waals surface area contributed by atoms with Gasteiger partial charge in [-0.3, -0.25) is 14.4 Å². The minimum absolute atomic E-state index is 0.0399. The zero-order chi connectivity index (χ0) is 20.8. The van der Waals surface area contributed by atoms with Crippen LogP contribution in [0.15, 0.2) is 24.3 Å². The van der Waals surface area contributed by atoms with Crippen LogP contribution in [0.3, 0.4) is 0 Å². The van der Waals surface area contributed by atoms with Gasteiger partial charge >= 0.3 is 0 Å². The minimum atomic E-state index is -0.832. The Morgan fingerprint density at radius 1 is 1.00 bits per heavy atom. The fraction of sp³-hybridized carbons (Fsp3) is 0.571. The number of benzene rings is 1. The van der Waals surface area contributed by atoms with Crippen LogP contribution in [0.1, 0.15) is 59.1 Å². The highest BCUT2D eigenvalue weighted by atomic mass is 16.2. The van der Waals surface area contributed by atoms with E-state index in [4.69, 9.17) is 5.73 Å². The Hall–Kier alpha value is -2.37. The molecule has 6 nitrogen and oxygen atoms in total. The van der Waals surface area contributed by atoms with Crippen LogP contribution < -0.4 is 16.4 Å². The van der Waals surface area contributed by atoms with Crippen LogP contribution in [-0.2, 0) is 26.2 Å². The van der Waals surface area contributed by atoms with Crippen LogP contribution in [0.5, 0.6) is 0 Å². The predicted molar refractivity (Wildman–Crippen MR) is 107 cm³/mol. The zero-order valence-electron chi connectivity index (χ0n) is 17.3. The smallest absolute Gasteiger partial charge is 0.243 e. The minimum Gasteiger partial charge on any atom is -0.368 e. The van der Waals surface area contributed by atoms with Gasteiger partial charge < -0.3 is 16.4 Å². The first kappa shape index (κ1) is 22.7. The van der Waals surface area contributed by atoms with Gasteiger partial charge in [0, 0.05) is 13.3 Å². The van der Waals surface area contributed by atoms with E-state index >= 15 is 0 Å². The summed E-state index contributed by atoms with van der Waals surface area (Å²) in [6, 6.07) is 6.42. The van der Waals surface area contributed by atoms with Crippen molar-refractivity contribution in [3.63, 3.8) is 0 Å². The number of nitrogens with one attached hydrogen (secondary N) is 2. The maximum atomic E-state index is 12.6. The summed E-state index contributed by atoms with van der Waals surface area (Å²) in [5.41, 5.74) is 7.63. The number of carbonyl (C=O) groups is 3. The average molecular weight is 376 g/mol. The van der Waals surface area contributed by atoms with E-state index in [2.05, 4.69) is 31.4 Å². The molecule has 0 aromatic heterocycles. The maximum Gasteiger partial charge on any atom is 0.243 e. The summed E-state index contributed by atoms with van der Waals surface area (Å²) < 4.78 is 0. The Kier molecular flexibility index (Phi) is 8.00. The van der Waals surface area contributed by atoms with Crippen molar-refractivity contribution in [1.82, 2.24) is 10.6 Å². The molecule has 6 heteroatoms. The van der Waals surface area contributed by atoms with Crippen molar-refractivity contribution in [2.45, 2.75) is 71.9 Å². The molecule has 0 spiro atoms. The Balaban J connectivity index is 2.87. The highest BCUT2D eigenvalue weighted by Crippen LogP contribution is 2.22. The van der Waals surface area contributed by atoms with Crippen molar-refractivity contribution in [3.8, 4) is 0 Å². The predicted octanol–water partition coefficient (Wildman–Crippen LogP) is 2.05. The summed E-state index contributed by atoms with van der Waals surface area (Å²) in [5.74, 6) is -1.07. The summed E-state index contributed by atoms with van der Waals surface area (Å²) in [6.45, 7) is 11.7. The van der Waals surface area contributed by atoms with Crippen molar-refractivity contribution in [1.29, 1.82) is 0 Å². The van der Waals surface area contributed by atoms with Crippen LogP contribution in [0.2, 0.25) is 0 Å². The van der Waals surface area contributed by atoms with E-state index in [0.717, 1.165) is 5.56 Å². The van der Waals surface area contributed by atoms with Gasteiger partial charge in [0.05, 0.1) is 0 Å². The van der Waals surface area contributed by atoms with Crippen molar-refractivity contribution < 1.29 is 14.4 Å². The molecule has 4 N–H and O–H groups in total. The molecule has 0 aliphatic heterocycles. The molecular formula is C21H33N3O3. The Bertz CT molecular complexity index is 660. The van der Waals surface area contributed by atoms with Gasteiger partial charge in [-0.05, 0) is 28.9 Å². The van der Waals surface area contributed by atoms with Gasteiger partial charge in [-0.15, -0.1) is 0 Å². The Morgan fingerprint density at radius 3 is 1.96 bits per heavy atom. The van der Waals surface area contributed by atoms with Gasteiger partial charge in [0.25, 0.3) is 0 Å². The summed E-state index contributed by atoms with van der Waals surface area (Å²) in [5, 5.41) is 5.33. The van der Waals surface area contributed by atoms with Crippen LogP contribution in [0.25, 0.3) is 0 Å². The van der Waals surface area contributed by atoms with E-state index in [1.54, 1.807) is 0 Å². The molecule has 1 rings (SSSR count). The highest BCUT2D eigenvalue weighted by Gasteiger charge is 2.26. The molecule has 0 aliphatic rings. The van der Waals surface area contributed by atoms with Gasteiger partial charge in [0.1, 0.15) is 12.1 Å². The van der Waals surface area contributed by atoms with Gasteiger partial charge in [-0.25, -0.2) is 0 Å². The lowest BCUT2D eigenvalue weighted by molar-refractivity contribution is -0.131. The topological polar surface area (TPSA) is 101 Å². The molecule has 0 saturated heterocycles. The van der Waals surface area contributed by atoms with E-state index in [1.165, 1.54) is 12.5 Å². The van der Waals surface area contributed by atoms with Crippen LogP contribution in [0.4, 0.5) is 0 Å². The fourth-order valence-electron chi connectivity index (χ4n) is 2.82. The first-order chi connectivity index (χ1) is 12.4. The lowest BCUT2D eigenvalue weighted by Crippen LogP contribution is -2.53. The molecule has 0 heterocycles. The van der Waals surface area contributed by atoms with Gasteiger partial charge in [0.2, 0.25) is 17.7 Å². The first-order valence-corrected chi connectivity index (χ1v) is 9.36. The lowest BCUT2D eigenvalue weighted by Gasteiger charge is -2.23. The summed E-state index contributed by atoms with van der Waals surface area (Å²) in [6.07, 6.45) is 0.789. The number of hydrogen-bond acceptors (Lipinski definition) is 3. The van der Waals surface area contributed by atoms with E-state index < -0.39 is 23.9 Å². The number of hydrogen-bond donors (Lipinski definition) is 3. The summed E-state index contributed by atoms with van der Waals surface area (Å²) in [7, 11) is 0. The molecule has 27 heavy (non-hydrogen) atoms. The Morgan fingerprint density at radius 2 is 1.56 bits per heavy atom. The molecule has 0 radical (unpaired) electrons. The van der Waals surface area contributed by atoms with Gasteiger partial charge in [-0.2, -0.15) is 0 Å². The number of nitrogens with two attached hydrogens (primary N) is 1. The molecule has 1 aromatic rings. The average Bonchev–Trinajstić information content (AvgIpc) is 2.52. The molecule has 0 aliphatic carbocycles. The highest BCUT2D eigenvalue weighted by molar-refractivity contribution is 5.91. The molecule has 1 aromatic carbocycles. The summed E-state index contributed by atoms with van der Waals surface area (Å²) >= 11 is 0. The van der Waals surface area contributed by atoms with Crippen LogP contribution in [-0.4, -0.2) is 29.8 Å². The second-order valence-electron chi connectivity index (χ2n) is 8.50. The second-order valence-corrected chi connectivity index (χ2v) is 8.50. The van der Waals surface area contributed by atoms with E-state index in [1.807, 2.05) is 38.1 Å². The monoisotopic (exact) mass is 375 g/mol. The fourth-order valence-corrected chi connectivity index (χ4v) is 2.82. The second kappa shape index (κ2) is 9.53. The number of primary amides is 1. The van der Waals surface area contributed by atoms with Crippen LogP contribution in [0, 0.1) is 5.92 Å². The lowest BCUT2D eigenvalue weighted by atomic mass is 9.86. The van der Waals surface area contributed by atoms with Crippen molar-refractivity contribution in [3.05, 3.63) is 35.4 Å². The van der Waals surface area contributed by atoms with Crippen LogP contribution >= 0.6 is 0 Å². The van der Waals surface area contributed by atoms with Crippen molar-refractivity contribution >= 4 is 17.7 Å². The normalized spacial score (nSPS) is 13.7. The standard InChI is InChI=1S/C21H33N3O3/c1-13(2)11-18(23-14(3)25)20(27)24-17(19(22)26)12-15-7-9-16(10-8-15)21(4,5)6/h7-10,13,17-18H,11-12H2,1-6H3,(H2,22,26)(H,23,25)(H,24,27)/t17-,18-/m0/s1. The summed E-state index contributed by atoms with van der Waals surface area (Å²) in [4.78, 5) is 35.8. The van der Waals surface area contributed by atoms with E-state index in [9.17, 15) is 14.4 Å². The number of amides is 3.